The number of aryl methyl sites for hydroxylation is 1. The molecule has 0 saturated heterocycles. The summed E-state index contributed by atoms with van der Waals surface area (Å²) in [5, 5.41) is 9.97. The third-order valence-corrected chi connectivity index (χ3v) is 1.33. The predicted octanol–water partition coefficient (Wildman–Crippen LogP) is 1.43. The fraction of sp³-hybridized carbons (Fsp3) is 0.667. The zero-order valence-corrected chi connectivity index (χ0v) is 9.13. The van der Waals surface area contributed by atoms with Crippen molar-refractivity contribution < 1.29 is 9.21 Å². The molecule has 1 N–H and O–H groups in total. The van der Waals surface area contributed by atoms with Crippen molar-refractivity contribution in [3.05, 3.63) is 11.8 Å². The second-order valence-corrected chi connectivity index (χ2v) is 2.35. The number of aromatic nitrogens is 2. The van der Waals surface area contributed by atoms with Gasteiger partial charge in [-0.2, -0.15) is 0 Å². The Morgan fingerprint density at radius 2 is 2.07 bits per heavy atom. The monoisotopic (exact) mass is 199 g/mol. The van der Waals surface area contributed by atoms with E-state index >= 15 is 0 Å². The van der Waals surface area contributed by atoms with Crippen molar-refractivity contribution in [3.63, 3.8) is 0 Å². The Hall–Kier alpha value is -1.39. The molecule has 0 radical (unpaired) electrons. The van der Waals surface area contributed by atoms with Crippen LogP contribution in [0.4, 0.5) is 0 Å². The predicted molar refractivity (Wildman–Crippen MR) is 52.5 cm³/mol. The van der Waals surface area contributed by atoms with E-state index in [-0.39, 0.29) is 5.91 Å². The van der Waals surface area contributed by atoms with E-state index < -0.39 is 0 Å². The zero-order chi connectivity index (χ0) is 11.0. The number of carbonyl (C=O) groups excluding carboxylic acids is 1. The number of rotatable bonds is 3. The molecule has 1 aromatic rings. The van der Waals surface area contributed by atoms with Crippen LogP contribution < -0.4 is 5.32 Å². The molecule has 0 aliphatic rings. The van der Waals surface area contributed by atoms with Gasteiger partial charge >= 0.3 is 0 Å². The van der Waals surface area contributed by atoms with Gasteiger partial charge in [-0.05, 0) is 0 Å². The summed E-state index contributed by atoms with van der Waals surface area (Å²) < 4.78 is 5.04. The van der Waals surface area contributed by atoms with Gasteiger partial charge in [0.2, 0.25) is 17.7 Å². The number of hydrogen-bond acceptors (Lipinski definition) is 4. The Bertz CT molecular complexity index is 271. The van der Waals surface area contributed by atoms with E-state index in [1.165, 1.54) is 0 Å². The molecule has 1 aromatic heterocycles. The topological polar surface area (TPSA) is 68.0 Å². The zero-order valence-electron chi connectivity index (χ0n) is 9.13. The van der Waals surface area contributed by atoms with Gasteiger partial charge in [0.15, 0.2) is 0 Å². The first kappa shape index (κ1) is 12.6. The van der Waals surface area contributed by atoms with Crippen LogP contribution in [-0.4, -0.2) is 16.1 Å². The molecular weight excluding hydrogens is 182 g/mol. The summed E-state index contributed by atoms with van der Waals surface area (Å²) in [6.45, 7) is 7.81. The Kier molecular flexibility index (Phi) is 6.36. The van der Waals surface area contributed by atoms with E-state index in [0.717, 1.165) is 0 Å². The molecule has 1 heterocycles. The van der Waals surface area contributed by atoms with Crippen molar-refractivity contribution >= 4 is 5.91 Å². The van der Waals surface area contributed by atoms with Crippen LogP contribution in [0.2, 0.25) is 0 Å². The lowest BCUT2D eigenvalue weighted by atomic mass is 10.4. The Morgan fingerprint density at radius 1 is 1.43 bits per heavy atom. The molecule has 14 heavy (non-hydrogen) atoms. The maximum atomic E-state index is 10.8. The standard InChI is InChI=1S/C7H11N3O2.C2H6/c1-3-6(11)8-4-7-10-9-5(2)12-7;1-2/h3-4H2,1-2H3,(H,8,11);1-2H3. The summed E-state index contributed by atoms with van der Waals surface area (Å²) in [7, 11) is 0. The van der Waals surface area contributed by atoms with Crippen LogP contribution >= 0.6 is 0 Å². The third kappa shape index (κ3) is 4.59. The minimum absolute atomic E-state index is 0.0224. The number of hydrogen-bond donors (Lipinski definition) is 1. The number of nitrogens with zero attached hydrogens (tertiary/aromatic N) is 2. The molecule has 5 heteroatoms. The van der Waals surface area contributed by atoms with Crippen LogP contribution in [-0.2, 0) is 11.3 Å². The summed E-state index contributed by atoms with van der Waals surface area (Å²) in [6.07, 6.45) is 0.465. The maximum absolute atomic E-state index is 10.8. The van der Waals surface area contributed by atoms with Crippen LogP contribution in [0.25, 0.3) is 0 Å². The van der Waals surface area contributed by atoms with Crippen molar-refractivity contribution in [2.24, 2.45) is 0 Å². The minimum atomic E-state index is -0.0224. The van der Waals surface area contributed by atoms with Gasteiger partial charge in [-0.3, -0.25) is 4.79 Å². The lowest BCUT2D eigenvalue weighted by molar-refractivity contribution is -0.121. The molecule has 80 valence electrons. The second-order valence-electron chi connectivity index (χ2n) is 2.35. The van der Waals surface area contributed by atoms with Crippen LogP contribution in [0, 0.1) is 6.92 Å². The normalized spacial score (nSPS) is 8.86. The maximum Gasteiger partial charge on any atom is 0.235 e. The summed E-state index contributed by atoms with van der Waals surface area (Å²) in [5.74, 6) is 0.927. The van der Waals surface area contributed by atoms with Gasteiger partial charge in [0.1, 0.15) is 0 Å². The van der Waals surface area contributed by atoms with Gasteiger partial charge in [0.25, 0.3) is 0 Å². The summed E-state index contributed by atoms with van der Waals surface area (Å²) >= 11 is 0. The van der Waals surface area contributed by atoms with E-state index in [9.17, 15) is 4.79 Å². The summed E-state index contributed by atoms with van der Waals surface area (Å²) in [4.78, 5) is 10.8. The average Bonchev–Trinajstić information content (AvgIpc) is 2.64. The fourth-order valence-corrected chi connectivity index (χ4v) is 0.708. The van der Waals surface area contributed by atoms with Crippen LogP contribution in [0.3, 0.4) is 0 Å². The van der Waals surface area contributed by atoms with Gasteiger partial charge in [0.05, 0.1) is 6.54 Å². The van der Waals surface area contributed by atoms with Gasteiger partial charge in [-0.25, -0.2) is 0 Å². The Balaban J connectivity index is 0.000000791. The molecule has 0 aliphatic carbocycles. The quantitative estimate of drug-likeness (QED) is 0.799. The highest BCUT2D eigenvalue weighted by molar-refractivity contribution is 5.75. The Morgan fingerprint density at radius 3 is 2.50 bits per heavy atom. The van der Waals surface area contributed by atoms with E-state index in [1.807, 2.05) is 13.8 Å². The molecule has 1 amide bonds. The lowest BCUT2D eigenvalue weighted by Crippen LogP contribution is -2.21. The molecule has 0 unspecified atom stereocenters. The van der Waals surface area contributed by atoms with Crippen LogP contribution in [0.5, 0.6) is 0 Å². The van der Waals surface area contributed by atoms with Gasteiger partial charge < -0.3 is 9.73 Å². The SMILES string of the molecule is CC.CCC(=O)NCc1nnc(C)o1. The summed E-state index contributed by atoms with van der Waals surface area (Å²) in [6, 6.07) is 0. The first-order chi connectivity index (χ1) is 6.72. The average molecular weight is 199 g/mol. The van der Waals surface area contributed by atoms with Crippen molar-refractivity contribution in [2.75, 3.05) is 0 Å². The van der Waals surface area contributed by atoms with E-state index in [4.69, 9.17) is 4.42 Å². The first-order valence-electron chi connectivity index (χ1n) is 4.78. The molecule has 5 nitrogen and oxygen atoms in total. The molecule has 0 fully saturated rings. The molecular formula is C9H17N3O2. The smallest absolute Gasteiger partial charge is 0.235 e. The highest BCUT2D eigenvalue weighted by atomic mass is 16.4. The largest absolute Gasteiger partial charge is 0.424 e. The van der Waals surface area contributed by atoms with Gasteiger partial charge in [0, 0.05) is 13.3 Å². The Labute approximate surface area is 83.9 Å². The number of carbonyl (C=O) groups is 1. The van der Waals surface area contributed by atoms with Crippen molar-refractivity contribution in [3.8, 4) is 0 Å². The highest BCUT2D eigenvalue weighted by Gasteiger charge is 2.02. The van der Waals surface area contributed by atoms with Crippen molar-refractivity contribution in [2.45, 2.75) is 40.7 Å². The summed E-state index contributed by atoms with van der Waals surface area (Å²) in [5.41, 5.74) is 0. The molecule has 0 atom stereocenters. The molecule has 0 aromatic carbocycles. The molecule has 0 aliphatic heterocycles. The first-order valence-corrected chi connectivity index (χ1v) is 4.78. The molecule has 0 spiro atoms. The number of amides is 1. The van der Waals surface area contributed by atoms with Crippen LogP contribution in [0.15, 0.2) is 4.42 Å². The molecule has 1 rings (SSSR count). The van der Waals surface area contributed by atoms with E-state index in [2.05, 4.69) is 15.5 Å². The van der Waals surface area contributed by atoms with Gasteiger partial charge in [-0.1, -0.05) is 20.8 Å². The third-order valence-electron chi connectivity index (χ3n) is 1.33. The molecule has 0 bridgehead atoms. The lowest BCUT2D eigenvalue weighted by Gasteiger charge is -1.97. The fourth-order valence-electron chi connectivity index (χ4n) is 0.708. The van der Waals surface area contributed by atoms with E-state index in [0.29, 0.717) is 24.7 Å². The highest BCUT2D eigenvalue weighted by Crippen LogP contribution is 1.96. The van der Waals surface area contributed by atoms with Crippen molar-refractivity contribution in [1.29, 1.82) is 0 Å². The number of nitrogens with one attached hydrogen (secondary N) is 1. The van der Waals surface area contributed by atoms with Gasteiger partial charge in [-0.15, -0.1) is 10.2 Å². The second kappa shape index (κ2) is 7.06. The van der Waals surface area contributed by atoms with Crippen LogP contribution in [0.1, 0.15) is 39.0 Å². The van der Waals surface area contributed by atoms with E-state index in [1.54, 1.807) is 13.8 Å². The van der Waals surface area contributed by atoms with Crippen molar-refractivity contribution in [1.82, 2.24) is 15.5 Å². The molecule has 0 saturated carbocycles. The minimum Gasteiger partial charge on any atom is -0.424 e.